The molecule has 2 rings (SSSR count). The first-order chi connectivity index (χ1) is 32.0. The number of unbranched alkanes of at least 4 members (excludes halogenated alkanes) is 22. The van der Waals surface area contributed by atoms with Gasteiger partial charge in [-0.3, -0.25) is 4.79 Å². The first-order valence-corrected chi connectivity index (χ1v) is 25.6. The van der Waals surface area contributed by atoms with Gasteiger partial charge in [-0.15, -0.1) is 0 Å². The zero-order chi connectivity index (χ0) is 48.2. The Morgan fingerprint density at radius 1 is 0.515 bits per heavy atom. The standard InChI is InChI=1S/C51H90O15/c1-3-5-7-9-11-13-15-17-19-21-23-25-27-29-31-33-42(53)61-36-39(64-43(54)34-32-30-28-26-24-22-20-18-16-14-12-10-8-6-4-2)37-62-50-49(60)47(58)45(56)41(66-50)38-63-51-48(59)46(57)44(55)40(35-52)65-51/h23,25,28,30,32,34,39-41,44-52,55-60H,3-22,24,26-27,29,31,33,35-38H2,1-2H3/b25-23+,30-28+,34-32+/t39-,40-,41-,44+,45+,46?,47?,48?,49?,50-,51-/m1/s1. The maximum absolute atomic E-state index is 12.9. The molecule has 15 heteroatoms. The predicted octanol–water partition coefficient (Wildman–Crippen LogP) is 6.93. The number of carbonyl (C=O) groups excluding carboxylic acids is 2. The largest absolute Gasteiger partial charge is 0.462 e. The van der Waals surface area contributed by atoms with Crippen molar-refractivity contribution in [1.82, 2.24) is 0 Å². The van der Waals surface area contributed by atoms with Crippen molar-refractivity contribution in [1.29, 1.82) is 0 Å². The summed E-state index contributed by atoms with van der Waals surface area (Å²) in [5.41, 5.74) is 0. The lowest BCUT2D eigenvalue weighted by Gasteiger charge is -2.42. The van der Waals surface area contributed by atoms with Crippen molar-refractivity contribution < 1.29 is 73.8 Å². The van der Waals surface area contributed by atoms with Gasteiger partial charge < -0.3 is 64.2 Å². The molecule has 0 amide bonds. The summed E-state index contributed by atoms with van der Waals surface area (Å²) in [6.45, 7) is 2.45. The quantitative estimate of drug-likeness (QED) is 0.0109. The second kappa shape index (κ2) is 38.6. The Bertz CT molecular complexity index is 1290. The maximum atomic E-state index is 12.9. The number of ether oxygens (including phenoxy) is 6. The number of rotatable bonds is 39. The van der Waals surface area contributed by atoms with Gasteiger partial charge in [-0.2, -0.15) is 0 Å². The minimum atomic E-state index is -1.78. The van der Waals surface area contributed by atoms with Crippen molar-refractivity contribution in [2.45, 2.75) is 248 Å². The second-order valence-electron chi connectivity index (χ2n) is 18.1. The zero-order valence-electron chi connectivity index (χ0n) is 40.4. The number of hydrogen-bond donors (Lipinski definition) is 7. The van der Waals surface area contributed by atoms with Crippen molar-refractivity contribution in [3.8, 4) is 0 Å². The summed E-state index contributed by atoms with van der Waals surface area (Å²) < 4.78 is 33.3. The van der Waals surface area contributed by atoms with Gasteiger partial charge in [-0.1, -0.05) is 160 Å². The summed E-state index contributed by atoms with van der Waals surface area (Å²) in [5.74, 6) is -1.20. The Hall–Kier alpha value is -2.28. The number of carbonyl (C=O) groups is 2. The summed E-state index contributed by atoms with van der Waals surface area (Å²) >= 11 is 0. The van der Waals surface area contributed by atoms with Crippen LogP contribution < -0.4 is 0 Å². The van der Waals surface area contributed by atoms with Crippen molar-refractivity contribution in [2.75, 3.05) is 26.4 Å². The van der Waals surface area contributed by atoms with Crippen LogP contribution in [0.5, 0.6) is 0 Å². The molecule has 0 aromatic heterocycles. The molecule has 0 radical (unpaired) electrons. The van der Waals surface area contributed by atoms with Crippen LogP contribution in [0, 0.1) is 0 Å². The Morgan fingerprint density at radius 2 is 0.970 bits per heavy atom. The summed E-state index contributed by atoms with van der Waals surface area (Å²) in [4.78, 5) is 25.6. The van der Waals surface area contributed by atoms with Gasteiger partial charge in [0.15, 0.2) is 18.7 Å². The normalized spacial score (nSPS) is 26.4. The molecule has 2 aliphatic rings. The Labute approximate surface area is 395 Å². The topological polar surface area (TPSA) is 231 Å². The van der Waals surface area contributed by atoms with Gasteiger partial charge in [0.05, 0.1) is 19.8 Å². The SMILES string of the molecule is CCCCCCCCCCC/C=C/CCCCC(=O)OC[C@H](CO[C@@H]1O[C@H](CO[C@@H]2O[C@H](CO)[C@H](O)C(O)C2O)[C@H](O)C(O)C1O)OC(=O)/C=C/C=C/CCCCCCCCCCCCC. The average Bonchev–Trinajstić information content (AvgIpc) is 3.31. The van der Waals surface area contributed by atoms with Crippen LogP contribution >= 0.6 is 0 Å². The van der Waals surface area contributed by atoms with E-state index in [1.807, 2.05) is 6.08 Å². The third-order valence-electron chi connectivity index (χ3n) is 12.2. The van der Waals surface area contributed by atoms with Crippen molar-refractivity contribution >= 4 is 11.9 Å². The third kappa shape index (κ3) is 26.5. The minimum absolute atomic E-state index is 0.169. The van der Waals surface area contributed by atoms with Crippen LogP contribution in [0.2, 0.25) is 0 Å². The fourth-order valence-electron chi connectivity index (χ4n) is 7.94. The van der Waals surface area contributed by atoms with Crippen LogP contribution in [-0.2, 0) is 38.0 Å². The molecule has 2 saturated heterocycles. The Balaban J connectivity index is 1.86. The van der Waals surface area contributed by atoms with E-state index in [1.54, 1.807) is 12.2 Å². The molecule has 11 atom stereocenters. The van der Waals surface area contributed by atoms with Gasteiger partial charge in [-0.05, 0) is 44.9 Å². The first kappa shape index (κ1) is 59.8. The molecule has 4 unspecified atom stereocenters. The number of hydrogen-bond acceptors (Lipinski definition) is 15. The fraction of sp³-hybridized carbons (Fsp3) is 0.843. The highest BCUT2D eigenvalue weighted by atomic mass is 16.7. The molecule has 0 aliphatic carbocycles. The summed E-state index contributed by atoms with van der Waals surface area (Å²) in [6, 6.07) is 0. The number of allylic oxidation sites excluding steroid dienone is 5. The van der Waals surface area contributed by atoms with Crippen molar-refractivity contribution in [3.63, 3.8) is 0 Å². The van der Waals surface area contributed by atoms with Crippen molar-refractivity contribution in [2.24, 2.45) is 0 Å². The van der Waals surface area contributed by atoms with Gasteiger partial charge in [0.2, 0.25) is 0 Å². The molecule has 2 aliphatic heterocycles. The molecular formula is C51H90O15. The number of esters is 2. The molecule has 7 N–H and O–H groups in total. The lowest BCUT2D eigenvalue weighted by molar-refractivity contribution is -0.332. The summed E-state index contributed by atoms with van der Waals surface area (Å²) in [5, 5.41) is 72.0. The first-order valence-electron chi connectivity index (χ1n) is 25.6. The average molecular weight is 943 g/mol. The van der Waals surface area contributed by atoms with Gasteiger partial charge in [0.25, 0.3) is 0 Å². The molecule has 2 fully saturated rings. The lowest BCUT2D eigenvalue weighted by atomic mass is 9.98. The zero-order valence-corrected chi connectivity index (χ0v) is 40.4. The number of aliphatic hydroxyl groups excluding tert-OH is 7. The molecule has 2 heterocycles. The van der Waals surface area contributed by atoms with Gasteiger partial charge >= 0.3 is 11.9 Å². The minimum Gasteiger partial charge on any atom is -0.462 e. The summed E-state index contributed by atoms with van der Waals surface area (Å²) in [6.07, 6.45) is 23.8. The van der Waals surface area contributed by atoms with Crippen LogP contribution in [0.1, 0.15) is 181 Å². The fourth-order valence-corrected chi connectivity index (χ4v) is 7.94. The molecule has 15 nitrogen and oxygen atoms in total. The molecule has 0 saturated carbocycles. The second-order valence-corrected chi connectivity index (χ2v) is 18.1. The Morgan fingerprint density at radius 3 is 1.50 bits per heavy atom. The van der Waals surface area contributed by atoms with E-state index >= 15 is 0 Å². The molecule has 0 aromatic carbocycles. The Kier molecular flexibility index (Phi) is 35.0. The van der Waals surface area contributed by atoms with E-state index < -0.39 is 99.3 Å². The van der Waals surface area contributed by atoms with E-state index in [2.05, 4.69) is 26.0 Å². The molecule has 0 bridgehead atoms. The van der Waals surface area contributed by atoms with Gasteiger partial charge in [-0.25, -0.2) is 4.79 Å². The van der Waals surface area contributed by atoms with E-state index in [9.17, 15) is 45.3 Å². The summed E-state index contributed by atoms with van der Waals surface area (Å²) in [7, 11) is 0. The molecule has 66 heavy (non-hydrogen) atoms. The highest BCUT2D eigenvalue weighted by Gasteiger charge is 2.47. The highest BCUT2D eigenvalue weighted by Crippen LogP contribution is 2.26. The molecule has 0 spiro atoms. The van der Waals surface area contributed by atoms with Crippen LogP contribution in [-0.4, -0.2) is 142 Å². The molecular weight excluding hydrogens is 853 g/mol. The van der Waals surface area contributed by atoms with E-state index in [0.717, 1.165) is 38.5 Å². The van der Waals surface area contributed by atoms with Crippen molar-refractivity contribution in [3.05, 3.63) is 36.5 Å². The maximum Gasteiger partial charge on any atom is 0.331 e. The van der Waals surface area contributed by atoms with Gasteiger partial charge in [0.1, 0.15) is 55.4 Å². The van der Waals surface area contributed by atoms with E-state index in [1.165, 1.54) is 122 Å². The van der Waals surface area contributed by atoms with E-state index in [0.29, 0.717) is 6.42 Å². The van der Waals surface area contributed by atoms with Crippen LogP contribution in [0.25, 0.3) is 0 Å². The van der Waals surface area contributed by atoms with Gasteiger partial charge in [0, 0.05) is 12.5 Å². The molecule has 384 valence electrons. The predicted molar refractivity (Wildman–Crippen MR) is 252 cm³/mol. The van der Waals surface area contributed by atoms with E-state index in [4.69, 9.17) is 28.4 Å². The molecule has 0 aromatic rings. The van der Waals surface area contributed by atoms with Crippen LogP contribution in [0.15, 0.2) is 36.5 Å². The smallest absolute Gasteiger partial charge is 0.331 e. The lowest BCUT2D eigenvalue weighted by Crippen LogP contribution is -2.61. The van der Waals surface area contributed by atoms with Crippen LogP contribution in [0.4, 0.5) is 0 Å². The van der Waals surface area contributed by atoms with Crippen LogP contribution in [0.3, 0.4) is 0 Å². The number of aliphatic hydroxyl groups is 7. The third-order valence-corrected chi connectivity index (χ3v) is 12.2. The monoisotopic (exact) mass is 943 g/mol. The highest BCUT2D eigenvalue weighted by molar-refractivity contribution is 5.82. The van der Waals surface area contributed by atoms with E-state index in [-0.39, 0.29) is 13.0 Å².